The van der Waals surface area contributed by atoms with E-state index >= 15 is 0 Å². The van der Waals surface area contributed by atoms with E-state index < -0.39 is 0 Å². The fourth-order valence-electron chi connectivity index (χ4n) is 3.76. The van der Waals surface area contributed by atoms with Crippen LogP contribution in [0.3, 0.4) is 0 Å². The van der Waals surface area contributed by atoms with Gasteiger partial charge < -0.3 is 14.4 Å². The summed E-state index contributed by atoms with van der Waals surface area (Å²) in [7, 11) is 0. The molecule has 1 atom stereocenters. The minimum absolute atomic E-state index is 0.0814. The number of hydrogen-bond acceptors (Lipinski definition) is 4. The van der Waals surface area contributed by atoms with Gasteiger partial charge in [0.25, 0.3) is 0 Å². The SMILES string of the molecule is C[C@]1(Cc2ccc3c(c2)OCO3)CCC(=O)N(CCc2cn[nH]c2)C1. The molecule has 1 aromatic heterocycles. The van der Waals surface area contributed by atoms with E-state index in [1.54, 1.807) is 0 Å². The quantitative estimate of drug-likeness (QED) is 0.907. The first-order valence-electron chi connectivity index (χ1n) is 8.75. The van der Waals surface area contributed by atoms with Crippen molar-refractivity contribution in [1.82, 2.24) is 15.1 Å². The second-order valence-electron chi connectivity index (χ2n) is 7.35. The highest BCUT2D eigenvalue weighted by Crippen LogP contribution is 2.37. The van der Waals surface area contributed by atoms with Gasteiger partial charge in [-0.05, 0) is 47.9 Å². The number of aromatic amines is 1. The highest BCUT2D eigenvalue weighted by atomic mass is 16.7. The number of amides is 1. The molecule has 0 spiro atoms. The Labute approximate surface area is 147 Å². The number of benzene rings is 1. The fourth-order valence-corrected chi connectivity index (χ4v) is 3.76. The molecule has 0 aliphatic carbocycles. The molecule has 2 aliphatic heterocycles. The lowest BCUT2D eigenvalue weighted by Gasteiger charge is -2.40. The Kier molecular flexibility index (Phi) is 4.11. The van der Waals surface area contributed by atoms with E-state index in [0.29, 0.717) is 13.2 Å². The summed E-state index contributed by atoms with van der Waals surface area (Å²) < 4.78 is 10.9. The maximum absolute atomic E-state index is 12.3. The Morgan fingerprint density at radius 3 is 3.00 bits per heavy atom. The first kappa shape index (κ1) is 16.0. The molecule has 1 amide bonds. The van der Waals surface area contributed by atoms with Crippen molar-refractivity contribution in [2.75, 3.05) is 19.9 Å². The van der Waals surface area contributed by atoms with Crippen LogP contribution in [0.2, 0.25) is 0 Å². The van der Waals surface area contributed by atoms with E-state index in [0.717, 1.165) is 49.4 Å². The summed E-state index contributed by atoms with van der Waals surface area (Å²) in [5.41, 5.74) is 2.45. The van der Waals surface area contributed by atoms with Crippen LogP contribution < -0.4 is 9.47 Å². The third kappa shape index (κ3) is 3.48. The van der Waals surface area contributed by atoms with Crippen molar-refractivity contribution in [3.63, 3.8) is 0 Å². The molecule has 0 unspecified atom stereocenters. The third-order valence-electron chi connectivity index (χ3n) is 5.16. The molecule has 0 radical (unpaired) electrons. The molecule has 3 heterocycles. The van der Waals surface area contributed by atoms with Gasteiger partial charge in [-0.25, -0.2) is 0 Å². The van der Waals surface area contributed by atoms with Crippen LogP contribution in [0.1, 0.15) is 30.9 Å². The van der Waals surface area contributed by atoms with E-state index in [9.17, 15) is 4.79 Å². The van der Waals surface area contributed by atoms with Crippen LogP contribution in [0.25, 0.3) is 0 Å². The third-order valence-corrected chi connectivity index (χ3v) is 5.16. The number of piperidine rings is 1. The molecule has 0 saturated carbocycles. The van der Waals surface area contributed by atoms with Crippen molar-refractivity contribution < 1.29 is 14.3 Å². The van der Waals surface area contributed by atoms with E-state index in [1.165, 1.54) is 5.56 Å². The minimum Gasteiger partial charge on any atom is -0.454 e. The van der Waals surface area contributed by atoms with Gasteiger partial charge in [-0.3, -0.25) is 9.89 Å². The van der Waals surface area contributed by atoms with Gasteiger partial charge in [0.05, 0.1) is 6.20 Å². The van der Waals surface area contributed by atoms with Gasteiger partial charge in [-0.2, -0.15) is 5.10 Å². The van der Waals surface area contributed by atoms with Gasteiger partial charge >= 0.3 is 0 Å². The number of nitrogens with one attached hydrogen (secondary N) is 1. The second-order valence-corrected chi connectivity index (χ2v) is 7.35. The van der Waals surface area contributed by atoms with Crippen molar-refractivity contribution in [3.8, 4) is 11.5 Å². The summed E-state index contributed by atoms with van der Waals surface area (Å²) in [5.74, 6) is 1.89. The molecule has 2 aliphatic rings. The van der Waals surface area contributed by atoms with Crippen LogP contribution >= 0.6 is 0 Å². The molecule has 1 fully saturated rings. The van der Waals surface area contributed by atoms with Crippen molar-refractivity contribution in [3.05, 3.63) is 41.7 Å². The van der Waals surface area contributed by atoms with Crippen molar-refractivity contribution >= 4 is 5.91 Å². The molecular weight excluding hydrogens is 318 g/mol. The molecule has 132 valence electrons. The Hall–Kier alpha value is -2.50. The number of carbonyl (C=O) groups is 1. The van der Waals surface area contributed by atoms with Crippen LogP contribution in [0.4, 0.5) is 0 Å². The smallest absolute Gasteiger partial charge is 0.231 e. The second kappa shape index (κ2) is 6.43. The number of hydrogen-bond donors (Lipinski definition) is 1. The molecule has 4 rings (SSSR count). The predicted octanol–water partition coefficient (Wildman–Crippen LogP) is 2.55. The predicted molar refractivity (Wildman–Crippen MR) is 92.5 cm³/mol. The normalized spacial score (nSPS) is 22.4. The van der Waals surface area contributed by atoms with Gasteiger partial charge in [-0.1, -0.05) is 13.0 Å². The highest BCUT2D eigenvalue weighted by molar-refractivity contribution is 5.77. The van der Waals surface area contributed by atoms with E-state index in [1.807, 2.05) is 23.4 Å². The zero-order valence-corrected chi connectivity index (χ0v) is 14.5. The average Bonchev–Trinajstić information content (AvgIpc) is 3.27. The largest absolute Gasteiger partial charge is 0.454 e. The number of likely N-dealkylation sites (tertiary alicyclic amines) is 1. The zero-order chi connectivity index (χ0) is 17.3. The number of fused-ring (bicyclic) bond motifs is 1. The first-order valence-corrected chi connectivity index (χ1v) is 8.75. The summed E-state index contributed by atoms with van der Waals surface area (Å²) >= 11 is 0. The highest BCUT2D eigenvalue weighted by Gasteiger charge is 2.35. The molecule has 1 N–H and O–H groups in total. The molecule has 25 heavy (non-hydrogen) atoms. The van der Waals surface area contributed by atoms with Crippen molar-refractivity contribution in [2.45, 2.75) is 32.6 Å². The zero-order valence-electron chi connectivity index (χ0n) is 14.5. The lowest BCUT2D eigenvalue weighted by molar-refractivity contribution is -0.137. The summed E-state index contributed by atoms with van der Waals surface area (Å²) in [6.45, 7) is 4.11. The standard InChI is InChI=1S/C19H23N3O3/c1-19(9-14-2-3-16-17(8-14)25-13-24-16)6-4-18(23)22(12-19)7-5-15-10-20-21-11-15/h2-3,8,10-11H,4-7,9,12-13H2,1H3,(H,20,21)/t19-/m1/s1. The number of H-pyrrole nitrogens is 1. The minimum atomic E-state index is 0.0814. The first-order chi connectivity index (χ1) is 12.1. The molecule has 6 heteroatoms. The molecule has 6 nitrogen and oxygen atoms in total. The van der Waals surface area contributed by atoms with Crippen LogP contribution in [0, 0.1) is 5.41 Å². The van der Waals surface area contributed by atoms with Crippen LogP contribution in [0.5, 0.6) is 11.5 Å². The number of ether oxygens (including phenoxy) is 2. The lowest BCUT2D eigenvalue weighted by Crippen LogP contribution is -2.46. The maximum atomic E-state index is 12.3. The maximum Gasteiger partial charge on any atom is 0.231 e. The van der Waals surface area contributed by atoms with Crippen LogP contribution in [0.15, 0.2) is 30.6 Å². The van der Waals surface area contributed by atoms with Crippen LogP contribution in [-0.2, 0) is 17.6 Å². The summed E-state index contributed by atoms with van der Waals surface area (Å²) in [4.78, 5) is 14.3. The number of nitrogens with zero attached hydrogens (tertiary/aromatic N) is 2. The van der Waals surface area contributed by atoms with Gasteiger partial charge in [0, 0.05) is 25.7 Å². The van der Waals surface area contributed by atoms with Gasteiger partial charge in [0.1, 0.15) is 0 Å². The van der Waals surface area contributed by atoms with E-state index in [-0.39, 0.29) is 11.3 Å². The molecule has 1 saturated heterocycles. The van der Waals surface area contributed by atoms with Crippen molar-refractivity contribution in [1.29, 1.82) is 0 Å². The van der Waals surface area contributed by atoms with Crippen LogP contribution in [-0.4, -0.2) is 40.9 Å². The Bertz CT molecular complexity index is 759. The molecule has 2 aromatic rings. The molecular formula is C19H23N3O3. The Morgan fingerprint density at radius 1 is 1.28 bits per heavy atom. The van der Waals surface area contributed by atoms with E-state index in [2.05, 4.69) is 29.3 Å². The topological polar surface area (TPSA) is 67.5 Å². The average molecular weight is 341 g/mol. The Balaban J connectivity index is 1.42. The number of aromatic nitrogens is 2. The fraction of sp³-hybridized carbons (Fsp3) is 0.474. The number of rotatable bonds is 5. The number of carbonyl (C=O) groups excluding carboxylic acids is 1. The van der Waals surface area contributed by atoms with Crippen molar-refractivity contribution in [2.24, 2.45) is 5.41 Å². The monoisotopic (exact) mass is 341 g/mol. The summed E-state index contributed by atoms with van der Waals surface area (Å²) in [6, 6.07) is 6.15. The van der Waals surface area contributed by atoms with E-state index in [4.69, 9.17) is 9.47 Å². The molecule has 0 bridgehead atoms. The summed E-state index contributed by atoms with van der Waals surface area (Å²) in [5, 5.41) is 6.79. The lowest BCUT2D eigenvalue weighted by atomic mass is 9.76. The Morgan fingerprint density at radius 2 is 2.16 bits per heavy atom. The van der Waals surface area contributed by atoms with Gasteiger partial charge in [0.15, 0.2) is 11.5 Å². The summed E-state index contributed by atoms with van der Waals surface area (Å²) in [6.07, 6.45) is 7.01. The van der Waals surface area contributed by atoms with Gasteiger partial charge in [0.2, 0.25) is 12.7 Å². The van der Waals surface area contributed by atoms with Gasteiger partial charge in [-0.15, -0.1) is 0 Å². The molecule has 1 aromatic carbocycles.